The molecule has 0 aromatic heterocycles. The highest BCUT2D eigenvalue weighted by atomic mass is 32.2. The third-order valence-electron chi connectivity index (χ3n) is 3.17. The van der Waals surface area contributed by atoms with Crippen LogP contribution in [0.25, 0.3) is 0 Å². The predicted molar refractivity (Wildman–Crippen MR) is 72.6 cm³/mol. The number of phenolic OH excluding ortho intramolecular Hbond substituents is 1. The van der Waals surface area contributed by atoms with Gasteiger partial charge in [0.2, 0.25) is 0 Å². The molecule has 0 aliphatic carbocycles. The fraction of sp³-hybridized carbons (Fsp3) is 0.417. The Kier molecular flexibility index (Phi) is 4.15. The smallest absolute Gasteiger partial charge is 0.307 e. The lowest BCUT2D eigenvalue weighted by Crippen LogP contribution is -2.44. The maximum Gasteiger partial charge on any atom is 0.307 e. The molecule has 0 bridgehead atoms. The maximum atomic E-state index is 12.2. The number of carboxylic acids is 1. The number of carbonyl (C=O) groups is 1. The average molecular weight is 300 g/mol. The minimum Gasteiger partial charge on any atom is -0.508 e. The molecule has 1 unspecified atom stereocenters. The van der Waals surface area contributed by atoms with Gasteiger partial charge in [-0.15, -0.1) is 0 Å². The van der Waals surface area contributed by atoms with Gasteiger partial charge in [0.25, 0.3) is 0 Å². The van der Waals surface area contributed by atoms with Crippen LogP contribution in [0.2, 0.25) is 0 Å². The minimum absolute atomic E-state index is 0.0382. The normalized spacial score (nSPS) is 20.5. The lowest BCUT2D eigenvalue weighted by molar-refractivity contribution is -0.142. The van der Waals surface area contributed by atoms with E-state index in [9.17, 15) is 18.3 Å². The van der Waals surface area contributed by atoms with E-state index in [-0.39, 0.29) is 24.5 Å². The molecule has 0 saturated carbocycles. The van der Waals surface area contributed by atoms with Crippen LogP contribution >= 0.6 is 0 Å². The molecule has 0 radical (unpaired) electrons. The molecule has 8 heteroatoms. The number of aliphatic carboxylic acids is 1. The van der Waals surface area contributed by atoms with Crippen LogP contribution in [-0.4, -0.2) is 42.0 Å². The van der Waals surface area contributed by atoms with E-state index in [1.54, 1.807) is 0 Å². The summed E-state index contributed by atoms with van der Waals surface area (Å²) in [7, 11) is -3.81. The first-order valence-corrected chi connectivity index (χ1v) is 7.62. The fourth-order valence-corrected chi connectivity index (χ4v) is 3.44. The van der Waals surface area contributed by atoms with Gasteiger partial charge in [0.15, 0.2) is 0 Å². The van der Waals surface area contributed by atoms with Gasteiger partial charge in [0.05, 0.1) is 11.6 Å². The molecule has 2 rings (SSSR count). The average Bonchev–Trinajstić information content (AvgIpc) is 2.38. The number of hydrogen-bond donors (Lipinski definition) is 3. The van der Waals surface area contributed by atoms with Crippen LogP contribution in [0.5, 0.6) is 5.75 Å². The topological polar surface area (TPSA) is 107 Å². The number of benzene rings is 1. The molecule has 1 fully saturated rings. The molecule has 1 aliphatic rings. The highest BCUT2D eigenvalue weighted by Crippen LogP contribution is 2.22. The van der Waals surface area contributed by atoms with Gasteiger partial charge in [-0.2, -0.15) is 12.7 Å². The SMILES string of the molecule is O=C(O)C1CCCN(S(=O)(=O)Nc2cccc(O)c2)C1. The molecule has 1 heterocycles. The molecular weight excluding hydrogens is 284 g/mol. The molecule has 0 spiro atoms. The highest BCUT2D eigenvalue weighted by Gasteiger charge is 2.32. The third-order valence-corrected chi connectivity index (χ3v) is 4.67. The van der Waals surface area contributed by atoms with E-state index in [2.05, 4.69) is 4.72 Å². The summed E-state index contributed by atoms with van der Waals surface area (Å²) in [5.41, 5.74) is 0.238. The number of anilines is 1. The van der Waals surface area contributed by atoms with Crippen molar-refractivity contribution in [2.24, 2.45) is 5.92 Å². The summed E-state index contributed by atoms with van der Waals surface area (Å²) in [6.45, 7) is 0.251. The molecule has 1 atom stereocenters. The van der Waals surface area contributed by atoms with E-state index in [4.69, 9.17) is 5.11 Å². The summed E-state index contributed by atoms with van der Waals surface area (Å²) in [6.07, 6.45) is 0.991. The summed E-state index contributed by atoms with van der Waals surface area (Å²) in [5.74, 6) is -1.71. The molecule has 7 nitrogen and oxygen atoms in total. The second-order valence-corrected chi connectivity index (χ2v) is 6.36. The molecular formula is C12H16N2O5S. The Labute approximate surface area is 117 Å². The Morgan fingerprint density at radius 3 is 2.80 bits per heavy atom. The standard InChI is InChI=1S/C12H16N2O5S/c15-11-5-1-4-10(7-11)13-20(18,19)14-6-2-3-9(8-14)12(16)17/h1,4-5,7,9,13,15H,2-3,6,8H2,(H,16,17). The van der Waals surface area contributed by atoms with Crippen molar-refractivity contribution < 1.29 is 23.4 Å². The Hall–Kier alpha value is -1.80. The van der Waals surface area contributed by atoms with Gasteiger partial charge in [-0.3, -0.25) is 9.52 Å². The molecule has 1 saturated heterocycles. The zero-order valence-corrected chi connectivity index (χ0v) is 11.5. The molecule has 1 aromatic rings. The second kappa shape index (κ2) is 5.68. The molecule has 110 valence electrons. The lowest BCUT2D eigenvalue weighted by Gasteiger charge is -2.29. The van der Waals surface area contributed by atoms with Crippen LogP contribution in [-0.2, 0) is 15.0 Å². The number of nitrogens with zero attached hydrogens (tertiary/aromatic N) is 1. The first-order valence-electron chi connectivity index (χ1n) is 6.18. The van der Waals surface area contributed by atoms with Crippen molar-refractivity contribution in [3.8, 4) is 5.75 Å². The number of rotatable bonds is 4. The van der Waals surface area contributed by atoms with Gasteiger partial charge in [-0.05, 0) is 25.0 Å². The van der Waals surface area contributed by atoms with Gasteiger partial charge in [-0.25, -0.2) is 0 Å². The first-order chi connectivity index (χ1) is 9.38. The number of aromatic hydroxyl groups is 1. The Balaban J connectivity index is 2.12. The minimum atomic E-state index is -3.81. The van der Waals surface area contributed by atoms with Crippen LogP contribution in [0, 0.1) is 5.92 Å². The largest absolute Gasteiger partial charge is 0.508 e. The number of hydrogen-bond acceptors (Lipinski definition) is 4. The van der Waals surface area contributed by atoms with Crippen molar-refractivity contribution in [3.63, 3.8) is 0 Å². The van der Waals surface area contributed by atoms with E-state index in [0.29, 0.717) is 12.8 Å². The van der Waals surface area contributed by atoms with Gasteiger partial charge >= 0.3 is 16.2 Å². The number of carboxylic acid groups (broad SMARTS) is 1. The van der Waals surface area contributed by atoms with Gasteiger partial charge < -0.3 is 10.2 Å². The summed E-state index contributed by atoms with van der Waals surface area (Å²) >= 11 is 0. The molecule has 1 aliphatic heterocycles. The van der Waals surface area contributed by atoms with Crippen LogP contribution in [0.4, 0.5) is 5.69 Å². The zero-order chi connectivity index (χ0) is 14.8. The number of phenols is 1. The quantitative estimate of drug-likeness (QED) is 0.764. The Morgan fingerprint density at radius 2 is 2.15 bits per heavy atom. The molecule has 20 heavy (non-hydrogen) atoms. The van der Waals surface area contributed by atoms with E-state index in [1.807, 2.05) is 0 Å². The van der Waals surface area contributed by atoms with Crippen molar-refractivity contribution >= 4 is 21.9 Å². The lowest BCUT2D eigenvalue weighted by atomic mass is 10.0. The van der Waals surface area contributed by atoms with E-state index in [1.165, 1.54) is 24.3 Å². The Morgan fingerprint density at radius 1 is 1.40 bits per heavy atom. The predicted octanol–water partition coefficient (Wildman–Crippen LogP) is 0.845. The van der Waals surface area contributed by atoms with Crippen molar-refractivity contribution in [2.45, 2.75) is 12.8 Å². The summed E-state index contributed by atoms with van der Waals surface area (Å²) in [6, 6.07) is 5.74. The third kappa shape index (κ3) is 3.40. The van der Waals surface area contributed by atoms with Crippen molar-refractivity contribution in [2.75, 3.05) is 17.8 Å². The fourth-order valence-electron chi connectivity index (χ4n) is 2.15. The molecule has 1 aromatic carbocycles. The van der Waals surface area contributed by atoms with Gasteiger partial charge in [0, 0.05) is 19.2 Å². The van der Waals surface area contributed by atoms with E-state index < -0.39 is 22.1 Å². The highest BCUT2D eigenvalue weighted by molar-refractivity contribution is 7.90. The summed E-state index contributed by atoms with van der Waals surface area (Å²) < 4.78 is 27.8. The maximum absolute atomic E-state index is 12.2. The van der Waals surface area contributed by atoms with Gasteiger partial charge in [0.1, 0.15) is 5.75 Å². The van der Waals surface area contributed by atoms with Crippen molar-refractivity contribution in [3.05, 3.63) is 24.3 Å². The van der Waals surface area contributed by atoms with Crippen molar-refractivity contribution in [1.29, 1.82) is 0 Å². The van der Waals surface area contributed by atoms with Crippen LogP contribution in [0.15, 0.2) is 24.3 Å². The summed E-state index contributed by atoms with van der Waals surface area (Å²) in [5, 5.41) is 18.3. The zero-order valence-electron chi connectivity index (χ0n) is 10.7. The monoisotopic (exact) mass is 300 g/mol. The first kappa shape index (κ1) is 14.6. The molecule has 3 N–H and O–H groups in total. The van der Waals surface area contributed by atoms with Crippen LogP contribution in [0.1, 0.15) is 12.8 Å². The number of piperidine rings is 1. The Bertz CT molecular complexity index is 602. The molecule has 0 amide bonds. The van der Waals surface area contributed by atoms with E-state index in [0.717, 1.165) is 4.31 Å². The van der Waals surface area contributed by atoms with Crippen molar-refractivity contribution in [1.82, 2.24) is 4.31 Å². The van der Waals surface area contributed by atoms with Crippen LogP contribution < -0.4 is 4.72 Å². The summed E-state index contributed by atoms with van der Waals surface area (Å²) in [4.78, 5) is 11.0. The second-order valence-electron chi connectivity index (χ2n) is 4.69. The van der Waals surface area contributed by atoms with Gasteiger partial charge in [-0.1, -0.05) is 6.07 Å². The van der Waals surface area contributed by atoms with E-state index >= 15 is 0 Å². The number of nitrogens with one attached hydrogen (secondary N) is 1. The van der Waals surface area contributed by atoms with Crippen LogP contribution in [0.3, 0.4) is 0 Å².